The number of morpholine rings is 1. The summed E-state index contributed by atoms with van der Waals surface area (Å²) in [7, 11) is 0. The largest absolute Gasteiger partial charge is 0.378 e. The van der Waals surface area contributed by atoms with E-state index in [2.05, 4.69) is 47.0 Å². The summed E-state index contributed by atoms with van der Waals surface area (Å²) >= 11 is 0. The fourth-order valence-corrected chi connectivity index (χ4v) is 4.27. The zero-order valence-corrected chi connectivity index (χ0v) is 16.3. The van der Waals surface area contributed by atoms with Gasteiger partial charge in [0.25, 0.3) is 0 Å². The summed E-state index contributed by atoms with van der Waals surface area (Å²) in [5, 5.41) is 9.00. The number of ether oxygens (including phenoxy) is 1. The molecule has 0 radical (unpaired) electrons. The molecule has 0 saturated carbocycles. The second-order valence-electron chi connectivity index (χ2n) is 7.69. The van der Waals surface area contributed by atoms with Crippen molar-refractivity contribution in [3.05, 3.63) is 29.7 Å². The first-order valence-corrected chi connectivity index (χ1v) is 10.4. The normalized spacial score (nSPS) is 20.2. The minimum absolute atomic E-state index is 0.764. The lowest BCUT2D eigenvalue weighted by Gasteiger charge is -2.36. The Bertz CT molecular complexity index is 816. The monoisotopic (exact) mass is 381 g/mol. The average molecular weight is 381 g/mol. The number of nitrogens with zero attached hydrogens (tertiary/aromatic N) is 7. The van der Waals surface area contributed by atoms with Crippen molar-refractivity contribution in [2.24, 2.45) is 0 Å². The molecule has 2 aromatic heterocycles. The predicted octanol–water partition coefficient (Wildman–Crippen LogP) is 1.31. The lowest BCUT2D eigenvalue weighted by Crippen LogP contribution is -2.47. The van der Waals surface area contributed by atoms with E-state index in [1.807, 2.05) is 0 Å². The van der Waals surface area contributed by atoms with Crippen molar-refractivity contribution >= 4 is 17.5 Å². The summed E-state index contributed by atoms with van der Waals surface area (Å²) in [5.41, 5.74) is 2.59. The molecule has 3 aliphatic rings. The molecule has 148 valence electrons. The van der Waals surface area contributed by atoms with E-state index < -0.39 is 0 Å². The highest BCUT2D eigenvalue weighted by Gasteiger charge is 2.22. The van der Waals surface area contributed by atoms with Crippen LogP contribution in [0.2, 0.25) is 0 Å². The van der Waals surface area contributed by atoms with Crippen molar-refractivity contribution in [1.82, 2.24) is 20.2 Å². The van der Waals surface area contributed by atoms with Gasteiger partial charge in [0.15, 0.2) is 5.82 Å². The lowest BCUT2D eigenvalue weighted by molar-refractivity contribution is 0.122. The lowest BCUT2D eigenvalue weighted by atomic mass is 9.97. The molecule has 4 heterocycles. The van der Waals surface area contributed by atoms with Gasteiger partial charge in [0, 0.05) is 45.3 Å². The molecule has 0 atom stereocenters. The summed E-state index contributed by atoms with van der Waals surface area (Å²) < 4.78 is 5.44. The summed E-state index contributed by atoms with van der Waals surface area (Å²) in [6.45, 7) is 7.04. The molecule has 8 nitrogen and oxygen atoms in total. The number of rotatable bonds is 3. The van der Waals surface area contributed by atoms with E-state index in [1.165, 1.54) is 24.1 Å². The van der Waals surface area contributed by atoms with Gasteiger partial charge in [-0.25, -0.2) is 9.97 Å². The molecule has 2 saturated heterocycles. The maximum Gasteiger partial charge on any atom is 0.151 e. The summed E-state index contributed by atoms with van der Waals surface area (Å²) in [5.74, 6) is 3.03. The number of fused-ring (bicyclic) bond motifs is 1. The molecule has 1 aliphatic carbocycles. The number of aryl methyl sites for hydroxylation is 2. The smallest absolute Gasteiger partial charge is 0.151 e. The number of aromatic nitrogens is 4. The van der Waals surface area contributed by atoms with Gasteiger partial charge in [-0.2, -0.15) is 5.10 Å². The van der Waals surface area contributed by atoms with Crippen LogP contribution in [0, 0.1) is 0 Å². The van der Waals surface area contributed by atoms with Crippen LogP contribution in [0.4, 0.5) is 17.5 Å². The van der Waals surface area contributed by atoms with Gasteiger partial charge in [-0.05, 0) is 37.3 Å². The summed E-state index contributed by atoms with van der Waals surface area (Å²) in [6, 6.07) is 4.37. The molecule has 0 amide bonds. The van der Waals surface area contributed by atoms with E-state index in [4.69, 9.17) is 4.74 Å². The van der Waals surface area contributed by atoms with Crippen LogP contribution >= 0.6 is 0 Å². The zero-order chi connectivity index (χ0) is 18.8. The van der Waals surface area contributed by atoms with E-state index in [9.17, 15) is 0 Å². The van der Waals surface area contributed by atoms with E-state index in [0.717, 1.165) is 82.8 Å². The minimum Gasteiger partial charge on any atom is -0.378 e. The van der Waals surface area contributed by atoms with Gasteiger partial charge in [0.05, 0.1) is 18.9 Å². The molecule has 2 fully saturated rings. The second kappa shape index (κ2) is 7.87. The van der Waals surface area contributed by atoms with Crippen molar-refractivity contribution in [1.29, 1.82) is 0 Å². The maximum absolute atomic E-state index is 5.44. The van der Waals surface area contributed by atoms with Crippen molar-refractivity contribution in [3.8, 4) is 0 Å². The summed E-state index contributed by atoms with van der Waals surface area (Å²) in [4.78, 5) is 16.0. The Labute approximate surface area is 165 Å². The van der Waals surface area contributed by atoms with Gasteiger partial charge in [-0.3, -0.25) is 0 Å². The van der Waals surface area contributed by atoms with Crippen molar-refractivity contribution < 1.29 is 4.74 Å². The minimum atomic E-state index is 0.764. The van der Waals surface area contributed by atoms with E-state index in [-0.39, 0.29) is 0 Å². The Morgan fingerprint density at radius 1 is 0.679 bits per heavy atom. The van der Waals surface area contributed by atoms with Crippen LogP contribution in [-0.2, 0) is 17.6 Å². The number of hydrogen-bond donors (Lipinski definition) is 0. The van der Waals surface area contributed by atoms with Crippen LogP contribution in [0.5, 0.6) is 0 Å². The van der Waals surface area contributed by atoms with Crippen molar-refractivity contribution in [2.75, 3.05) is 67.2 Å². The fourth-order valence-electron chi connectivity index (χ4n) is 4.27. The molecular weight excluding hydrogens is 354 g/mol. The van der Waals surface area contributed by atoms with Crippen molar-refractivity contribution in [2.45, 2.75) is 25.7 Å². The first-order valence-electron chi connectivity index (χ1n) is 10.4. The molecule has 8 heteroatoms. The third-order valence-corrected chi connectivity index (χ3v) is 5.96. The molecule has 2 aliphatic heterocycles. The van der Waals surface area contributed by atoms with Gasteiger partial charge in [-0.1, -0.05) is 0 Å². The highest BCUT2D eigenvalue weighted by atomic mass is 16.5. The van der Waals surface area contributed by atoms with Crippen LogP contribution in [0.25, 0.3) is 0 Å². The van der Waals surface area contributed by atoms with Crippen LogP contribution in [0.1, 0.15) is 24.1 Å². The van der Waals surface area contributed by atoms with Gasteiger partial charge in [0.1, 0.15) is 18.0 Å². The van der Waals surface area contributed by atoms with Gasteiger partial charge >= 0.3 is 0 Å². The SMILES string of the molecule is c1nc(N2CCOCC2)cc(N2CCN(c3cc4c(nn3)CCCC4)CC2)n1. The second-order valence-corrected chi connectivity index (χ2v) is 7.69. The fraction of sp³-hybridized carbons (Fsp3) is 0.600. The molecule has 5 rings (SSSR count). The molecule has 0 spiro atoms. The number of anilines is 3. The van der Waals surface area contributed by atoms with Crippen LogP contribution in [-0.4, -0.2) is 72.6 Å². The first kappa shape index (κ1) is 17.6. The Balaban J connectivity index is 1.25. The standard InChI is InChI=1S/C20H27N7O/c1-2-4-17-16(3-1)13-20(24-23-17)26-7-5-25(6-8-26)18-14-19(22-15-21-18)27-9-11-28-12-10-27/h13-15H,1-12H2. The van der Waals surface area contributed by atoms with Crippen LogP contribution in [0.15, 0.2) is 18.5 Å². The number of hydrogen-bond acceptors (Lipinski definition) is 8. The van der Waals surface area contributed by atoms with Crippen molar-refractivity contribution in [3.63, 3.8) is 0 Å². The topological polar surface area (TPSA) is 70.5 Å². The third-order valence-electron chi connectivity index (χ3n) is 5.96. The summed E-state index contributed by atoms with van der Waals surface area (Å²) in [6.07, 6.45) is 6.41. The Kier molecular flexibility index (Phi) is 4.95. The molecule has 0 bridgehead atoms. The quantitative estimate of drug-likeness (QED) is 0.788. The van der Waals surface area contributed by atoms with Gasteiger partial charge < -0.3 is 19.4 Å². The van der Waals surface area contributed by atoms with E-state index >= 15 is 0 Å². The number of piperazine rings is 1. The molecule has 28 heavy (non-hydrogen) atoms. The first-order chi connectivity index (χ1) is 13.9. The molecule has 2 aromatic rings. The maximum atomic E-state index is 5.44. The average Bonchev–Trinajstić information content (AvgIpc) is 2.79. The van der Waals surface area contributed by atoms with Gasteiger partial charge in [0.2, 0.25) is 0 Å². The molecular formula is C20H27N7O. The van der Waals surface area contributed by atoms with E-state index in [0.29, 0.717) is 0 Å². The van der Waals surface area contributed by atoms with Crippen LogP contribution < -0.4 is 14.7 Å². The zero-order valence-electron chi connectivity index (χ0n) is 16.3. The van der Waals surface area contributed by atoms with Gasteiger partial charge in [-0.15, -0.1) is 5.10 Å². The Hall–Kier alpha value is -2.48. The molecule has 0 N–H and O–H groups in total. The third kappa shape index (κ3) is 3.61. The molecule has 0 aromatic carbocycles. The highest BCUT2D eigenvalue weighted by molar-refractivity contribution is 5.52. The molecule has 0 unspecified atom stereocenters. The van der Waals surface area contributed by atoms with E-state index in [1.54, 1.807) is 6.33 Å². The Morgan fingerprint density at radius 2 is 1.32 bits per heavy atom. The predicted molar refractivity (Wildman–Crippen MR) is 108 cm³/mol. The highest BCUT2D eigenvalue weighted by Crippen LogP contribution is 2.24. The Morgan fingerprint density at radius 3 is 2.07 bits per heavy atom. The van der Waals surface area contributed by atoms with Crippen LogP contribution in [0.3, 0.4) is 0 Å².